The largest absolute Gasteiger partial charge is 0.353 e. The second kappa shape index (κ2) is 9.64. The molecule has 30 heavy (non-hydrogen) atoms. The van der Waals surface area contributed by atoms with Crippen molar-refractivity contribution in [2.75, 3.05) is 5.75 Å². The molecule has 7 nitrogen and oxygen atoms in total. The van der Waals surface area contributed by atoms with E-state index < -0.39 is 0 Å². The van der Waals surface area contributed by atoms with Crippen molar-refractivity contribution >= 4 is 34.3 Å². The third kappa shape index (κ3) is 4.38. The molecule has 4 rings (SSSR count). The Bertz CT molecular complexity index is 1080. The van der Waals surface area contributed by atoms with E-state index in [4.69, 9.17) is 0 Å². The second-order valence-electron chi connectivity index (χ2n) is 7.99. The van der Waals surface area contributed by atoms with Crippen LogP contribution >= 0.6 is 11.8 Å². The van der Waals surface area contributed by atoms with Crippen molar-refractivity contribution < 1.29 is 4.79 Å². The third-order valence-corrected chi connectivity index (χ3v) is 6.66. The minimum atomic E-state index is -0.0501. The zero-order valence-electron chi connectivity index (χ0n) is 17.5. The Balaban J connectivity index is 1.56. The molecule has 0 spiro atoms. The van der Waals surface area contributed by atoms with Gasteiger partial charge in [-0.1, -0.05) is 62.9 Å². The number of para-hydroxylation sites is 1. The summed E-state index contributed by atoms with van der Waals surface area (Å²) in [6.07, 6.45) is 9.18. The number of hydrogen-bond donors (Lipinski definition) is 1. The lowest BCUT2D eigenvalue weighted by Gasteiger charge is -2.20. The van der Waals surface area contributed by atoms with Gasteiger partial charge in [-0.15, -0.1) is 10.2 Å². The molecule has 1 N–H and O–H groups in total. The normalized spacial score (nSPS) is 15.9. The quantitative estimate of drug-likeness (QED) is 0.606. The first-order valence-corrected chi connectivity index (χ1v) is 12.0. The molecule has 8 heteroatoms. The van der Waals surface area contributed by atoms with Crippen molar-refractivity contribution in [1.82, 2.24) is 24.5 Å². The van der Waals surface area contributed by atoms with Gasteiger partial charge in [0.05, 0.1) is 16.7 Å². The van der Waals surface area contributed by atoms with E-state index >= 15 is 0 Å². The number of nitrogens with zero attached hydrogens (tertiary/aromatic N) is 4. The summed E-state index contributed by atoms with van der Waals surface area (Å²) in [6, 6.07) is 7.79. The summed E-state index contributed by atoms with van der Waals surface area (Å²) in [4.78, 5) is 25.5. The first-order valence-electron chi connectivity index (χ1n) is 11.0. The highest BCUT2D eigenvalue weighted by atomic mass is 32.2. The highest BCUT2D eigenvalue weighted by Gasteiger charge is 2.18. The molecule has 1 aliphatic carbocycles. The number of nitrogens with one attached hydrogen (secondary N) is 1. The molecule has 2 aromatic heterocycles. The van der Waals surface area contributed by atoms with Crippen LogP contribution < -0.4 is 10.9 Å². The number of benzene rings is 1. The van der Waals surface area contributed by atoms with Gasteiger partial charge in [0.25, 0.3) is 5.56 Å². The predicted molar refractivity (Wildman–Crippen MR) is 120 cm³/mol. The molecule has 0 aliphatic heterocycles. The summed E-state index contributed by atoms with van der Waals surface area (Å²) < 4.78 is 3.58. The lowest BCUT2D eigenvalue weighted by Crippen LogP contribution is -2.36. The maximum absolute atomic E-state index is 12.9. The molecule has 1 saturated carbocycles. The summed E-state index contributed by atoms with van der Waals surface area (Å²) >= 11 is 1.37. The van der Waals surface area contributed by atoms with Crippen molar-refractivity contribution in [3.63, 3.8) is 0 Å². The van der Waals surface area contributed by atoms with Gasteiger partial charge < -0.3 is 5.32 Å². The van der Waals surface area contributed by atoms with Crippen LogP contribution in [0.4, 0.5) is 0 Å². The molecule has 0 saturated heterocycles. The van der Waals surface area contributed by atoms with Gasteiger partial charge >= 0.3 is 0 Å². The van der Waals surface area contributed by atoms with Gasteiger partial charge in [0, 0.05) is 12.6 Å². The highest BCUT2D eigenvalue weighted by molar-refractivity contribution is 7.99. The topological polar surface area (TPSA) is 81.3 Å². The summed E-state index contributed by atoms with van der Waals surface area (Å²) in [5, 5.41) is 13.1. The van der Waals surface area contributed by atoms with E-state index in [9.17, 15) is 9.59 Å². The molecular formula is C22H29N5O2S. The van der Waals surface area contributed by atoms with E-state index in [2.05, 4.69) is 15.5 Å². The molecule has 1 fully saturated rings. The Hall–Kier alpha value is -2.35. The molecule has 0 atom stereocenters. The van der Waals surface area contributed by atoms with Crippen LogP contribution in [-0.2, 0) is 11.3 Å². The van der Waals surface area contributed by atoms with Crippen LogP contribution in [0.15, 0.2) is 34.2 Å². The van der Waals surface area contributed by atoms with Gasteiger partial charge in [0.2, 0.25) is 11.7 Å². The van der Waals surface area contributed by atoms with Gasteiger partial charge in [-0.25, -0.2) is 0 Å². The van der Waals surface area contributed by atoms with E-state index in [1.165, 1.54) is 43.9 Å². The average Bonchev–Trinajstić information content (AvgIpc) is 3.15. The van der Waals surface area contributed by atoms with Gasteiger partial charge in [0.15, 0.2) is 5.16 Å². The fraction of sp³-hybridized carbons (Fsp3) is 0.545. The molecular weight excluding hydrogens is 398 g/mol. The van der Waals surface area contributed by atoms with E-state index in [-0.39, 0.29) is 17.5 Å². The van der Waals surface area contributed by atoms with Crippen molar-refractivity contribution in [1.29, 1.82) is 0 Å². The fourth-order valence-corrected chi connectivity index (χ4v) is 5.00. The number of carbonyl (C=O) groups excluding carboxylic acids is 1. The van der Waals surface area contributed by atoms with Crippen molar-refractivity contribution in [3.05, 3.63) is 34.6 Å². The number of fused-ring (bicyclic) bond motifs is 3. The van der Waals surface area contributed by atoms with Gasteiger partial charge in [-0.2, -0.15) is 0 Å². The Kier molecular flexibility index (Phi) is 6.72. The maximum Gasteiger partial charge on any atom is 0.262 e. The molecule has 2 heterocycles. The Labute approximate surface area is 180 Å². The molecule has 0 radical (unpaired) electrons. The zero-order chi connectivity index (χ0) is 20.9. The molecule has 1 aliphatic rings. The monoisotopic (exact) mass is 427 g/mol. The molecule has 160 valence electrons. The number of rotatable bonds is 6. The average molecular weight is 428 g/mol. The first kappa shape index (κ1) is 20.9. The smallest absolute Gasteiger partial charge is 0.262 e. The predicted octanol–water partition coefficient (Wildman–Crippen LogP) is 3.78. The molecule has 1 aromatic carbocycles. The van der Waals surface area contributed by atoms with Crippen LogP contribution in [-0.4, -0.2) is 36.9 Å². The highest BCUT2D eigenvalue weighted by Crippen LogP contribution is 2.22. The first-order chi connectivity index (χ1) is 14.7. The van der Waals surface area contributed by atoms with Crippen LogP contribution in [0, 0.1) is 0 Å². The Morgan fingerprint density at radius 2 is 1.87 bits per heavy atom. The summed E-state index contributed by atoms with van der Waals surface area (Å²) in [7, 11) is 0. The number of amides is 1. The minimum Gasteiger partial charge on any atom is -0.353 e. The summed E-state index contributed by atoms with van der Waals surface area (Å²) in [6.45, 7) is 2.61. The molecule has 1 amide bonds. The summed E-state index contributed by atoms with van der Waals surface area (Å²) in [5.74, 6) is 0.857. The minimum absolute atomic E-state index is 0.0357. The van der Waals surface area contributed by atoms with Gasteiger partial charge in [-0.05, 0) is 31.4 Å². The second-order valence-corrected chi connectivity index (χ2v) is 8.93. The molecule has 0 unspecified atom stereocenters. The Morgan fingerprint density at radius 3 is 2.63 bits per heavy atom. The van der Waals surface area contributed by atoms with Gasteiger partial charge in [-0.3, -0.25) is 18.6 Å². The van der Waals surface area contributed by atoms with Crippen LogP contribution in [0.3, 0.4) is 0 Å². The van der Waals surface area contributed by atoms with E-state index in [0.29, 0.717) is 28.6 Å². The zero-order valence-corrected chi connectivity index (χ0v) is 18.3. The third-order valence-electron chi connectivity index (χ3n) is 5.73. The standard InChI is InChI=1S/C22H29N5O2S/c1-2-14-26-20(29)17-12-8-9-13-18(17)27-21(26)24-25-22(27)30-15-19(28)23-16-10-6-4-3-5-7-11-16/h8-9,12-13,16H,2-7,10-11,14-15H2,1H3,(H,23,28). The number of aromatic nitrogens is 4. The number of aryl methyl sites for hydroxylation is 1. The van der Waals surface area contributed by atoms with Crippen LogP contribution in [0.25, 0.3) is 16.7 Å². The van der Waals surface area contributed by atoms with Crippen molar-refractivity contribution in [2.45, 2.75) is 76.0 Å². The molecule has 0 bridgehead atoms. The van der Waals surface area contributed by atoms with Crippen LogP contribution in [0.2, 0.25) is 0 Å². The number of thioether (sulfide) groups is 1. The SMILES string of the molecule is CCCn1c(=O)c2ccccc2n2c(SCC(=O)NC3CCCCCCC3)nnc12. The number of hydrogen-bond acceptors (Lipinski definition) is 5. The van der Waals surface area contributed by atoms with E-state index in [1.807, 2.05) is 35.6 Å². The van der Waals surface area contributed by atoms with Crippen molar-refractivity contribution in [2.24, 2.45) is 0 Å². The summed E-state index contributed by atoms with van der Waals surface area (Å²) in [5.41, 5.74) is 0.726. The fourth-order valence-electron chi connectivity index (χ4n) is 4.25. The lowest BCUT2D eigenvalue weighted by molar-refractivity contribution is -0.119. The van der Waals surface area contributed by atoms with Crippen LogP contribution in [0.1, 0.15) is 58.3 Å². The van der Waals surface area contributed by atoms with E-state index in [0.717, 1.165) is 24.8 Å². The number of carbonyl (C=O) groups is 1. The van der Waals surface area contributed by atoms with E-state index in [1.54, 1.807) is 4.57 Å². The lowest BCUT2D eigenvalue weighted by atomic mass is 9.97. The van der Waals surface area contributed by atoms with Crippen molar-refractivity contribution in [3.8, 4) is 0 Å². The van der Waals surface area contributed by atoms with Crippen LogP contribution in [0.5, 0.6) is 0 Å². The Morgan fingerprint density at radius 1 is 1.13 bits per heavy atom. The maximum atomic E-state index is 12.9. The molecule has 3 aromatic rings. The van der Waals surface area contributed by atoms with Gasteiger partial charge in [0.1, 0.15) is 0 Å².